The van der Waals surface area contributed by atoms with E-state index in [0.29, 0.717) is 45.4 Å². The Hall–Kier alpha value is -3.16. The number of methoxy groups -OCH3 is 1. The molecular formula is C27H25BrClN3O3. The van der Waals surface area contributed by atoms with Gasteiger partial charge in [-0.1, -0.05) is 71.2 Å². The van der Waals surface area contributed by atoms with Gasteiger partial charge in [0.1, 0.15) is 12.4 Å². The van der Waals surface area contributed by atoms with Crippen LogP contribution in [0.4, 0.5) is 0 Å². The van der Waals surface area contributed by atoms with Crippen molar-refractivity contribution in [2.45, 2.75) is 33.3 Å². The molecule has 0 N–H and O–H groups in total. The molecule has 0 spiro atoms. The predicted molar refractivity (Wildman–Crippen MR) is 144 cm³/mol. The van der Waals surface area contributed by atoms with E-state index in [-0.39, 0.29) is 11.5 Å². The van der Waals surface area contributed by atoms with Gasteiger partial charge in [0, 0.05) is 27.0 Å². The van der Waals surface area contributed by atoms with E-state index in [9.17, 15) is 4.79 Å². The molecule has 0 aliphatic rings. The van der Waals surface area contributed by atoms with Crippen molar-refractivity contribution in [3.63, 3.8) is 0 Å². The van der Waals surface area contributed by atoms with Crippen LogP contribution in [0.2, 0.25) is 5.02 Å². The van der Waals surface area contributed by atoms with Gasteiger partial charge < -0.3 is 9.47 Å². The van der Waals surface area contributed by atoms with E-state index in [1.165, 1.54) is 4.68 Å². The molecular weight excluding hydrogens is 530 g/mol. The molecule has 0 unspecified atom stereocenters. The highest BCUT2D eigenvalue weighted by atomic mass is 79.9. The van der Waals surface area contributed by atoms with Crippen LogP contribution >= 0.6 is 27.5 Å². The van der Waals surface area contributed by atoms with Crippen LogP contribution in [0.1, 0.15) is 42.3 Å². The minimum absolute atomic E-state index is 0.0289. The van der Waals surface area contributed by atoms with Crippen LogP contribution in [-0.4, -0.2) is 23.0 Å². The average molecular weight is 555 g/mol. The van der Waals surface area contributed by atoms with Crippen LogP contribution in [0.3, 0.4) is 0 Å². The topological polar surface area (TPSA) is 65.7 Å². The van der Waals surface area contributed by atoms with E-state index < -0.39 is 0 Å². The van der Waals surface area contributed by atoms with Gasteiger partial charge in [0.2, 0.25) is 0 Å². The summed E-state index contributed by atoms with van der Waals surface area (Å²) in [7, 11) is 1.55. The van der Waals surface area contributed by atoms with Crippen molar-refractivity contribution >= 4 is 44.6 Å². The lowest BCUT2D eigenvalue weighted by molar-refractivity contribution is 0.284. The highest BCUT2D eigenvalue weighted by Crippen LogP contribution is 2.34. The van der Waals surface area contributed by atoms with E-state index in [1.54, 1.807) is 31.5 Å². The lowest BCUT2D eigenvalue weighted by atomic mass is 10.1. The van der Waals surface area contributed by atoms with Crippen LogP contribution in [0.15, 0.2) is 69.0 Å². The van der Waals surface area contributed by atoms with Crippen molar-refractivity contribution in [2.24, 2.45) is 5.10 Å². The first-order chi connectivity index (χ1) is 16.8. The number of aromatic nitrogens is 2. The number of ether oxygens (including phenoxy) is 2. The molecule has 0 bridgehead atoms. The number of nitrogens with zero attached hydrogens (tertiary/aromatic N) is 3. The van der Waals surface area contributed by atoms with Gasteiger partial charge >= 0.3 is 0 Å². The molecule has 0 amide bonds. The standard InChI is InChI=1S/C27H25BrClN3O3/c1-16(2)26-31-23-9-8-20(28)12-22(23)27(33)32(26)30-14-19-11-21(29)13-24(34-4)25(19)35-15-18-7-5-6-17(3)10-18/h5-14,16H,15H2,1-4H3. The number of fused-ring (bicyclic) bond motifs is 1. The van der Waals surface area contributed by atoms with Crippen molar-refractivity contribution in [1.29, 1.82) is 0 Å². The number of halogens is 2. The van der Waals surface area contributed by atoms with Crippen molar-refractivity contribution in [1.82, 2.24) is 9.66 Å². The number of benzene rings is 3. The van der Waals surface area contributed by atoms with E-state index in [1.807, 2.05) is 51.1 Å². The summed E-state index contributed by atoms with van der Waals surface area (Å²) in [4.78, 5) is 18.0. The summed E-state index contributed by atoms with van der Waals surface area (Å²) < 4.78 is 13.8. The van der Waals surface area contributed by atoms with Gasteiger partial charge in [-0.2, -0.15) is 9.78 Å². The molecule has 0 saturated carbocycles. The molecule has 1 heterocycles. The van der Waals surface area contributed by atoms with Gasteiger partial charge in [-0.15, -0.1) is 0 Å². The molecule has 6 nitrogen and oxygen atoms in total. The smallest absolute Gasteiger partial charge is 0.282 e. The lowest BCUT2D eigenvalue weighted by Crippen LogP contribution is -2.23. The fourth-order valence-electron chi connectivity index (χ4n) is 3.72. The molecule has 3 aromatic carbocycles. The number of hydrogen-bond donors (Lipinski definition) is 0. The first-order valence-corrected chi connectivity index (χ1v) is 12.3. The Kier molecular flexibility index (Phi) is 7.57. The highest BCUT2D eigenvalue weighted by Gasteiger charge is 2.16. The van der Waals surface area contributed by atoms with Gasteiger partial charge in [-0.3, -0.25) is 4.79 Å². The van der Waals surface area contributed by atoms with Crippen LogP contribution in [0.5, 0.6) is 11.5 Å². The normalized spacial score (nSPS) is 11.5. The van der Waals surface area contributed by atoms with Crippen molar-refractivity contribution in [3.8, 4) is 11.5 Å². The van der Waals surface area contributed by atoms with Crippen LogP contribution in [0.25, 0.3) is 10.9 Å². The Morgan fingerprint density at radius 1 is 1.17 bits per heavy atom. The number of aryl methyl sites for hydroxylation is 1. The third kappa shape index (κ3) is 5.57. The van der Waals surface area contributed by atoms with E-state index in [2.05, 4.69) is 27.1 Å². The minimum atomic E-state index is -0.257. The minimum Gasteiger partial charge on any atom is -0.493 e. The number of hydrogen-bond acceptors (Lipinski definition) is 5. The van der Waals surface area contributed by atoms with E-state index in [0.717, 1.165) is 15.6 Å². The van der Waals surface area contributed by atoms with Crippen molar-refractivity contribution < 1.29 is 9.47 Å². The Morgan fingerprint density at radius 3 is 2.69 bits per heavy atom. The van der Waals surface area contributed by atoms with Gasteiger partial charge in [0.05, 0.1) is 24.2 Å². The lowest BCUT2D eigenvalue weighted by Gasteiger charge is -2.15. The Bertz CT molecular complexity index is 1480. The summed E-state index contributed by atoms with van der Waals surface area (Å²) in [6.45, 7) is 6.31. The zero-order valence-electron chi connectivity index (χ0n) is 19.9. The first kappa shape index (κ1) is 24.9. The largest absolute Gasteiger partial charge is 0.493 e. The maximum atomic E-state index is 13.4. The van der Waals surface area contributed by atoms with Crippen molar-refractivity contribution in [3.05, 3.63) is 97.0 Å². The molecule has 1 aromatic heterocycles. The molecule has 0 aliphatic heterocycles. The molecule has 0 aliphatic carbocycles. The summed E-state index contributed by atoms with van der Waals surface area (Å²) in [5, 5.41) is 5.46. The fraction of sp³-hybridized carbons (Fsp3) is 0.222. The second kappa shape index (κ2) is 10.6. The highest BCUT2D eigenvalue weighted by molar-refractivity contribution is 9.10. The summed E-state index contributed by atoms with van der Waals surface area (Å²) >= 11 is 9.77. The summed E-state index contributed by atoms with van der Waals surface area (Å²) in [5.41, 5.74) is 3.12. The number of rotatable bonds is 7. The molecule has 0 fully saturated rings. The summed E-state index contributed by atoms with van der Waals surface area (Å²) in [5.74, 6) is 1.48. The van der Waals surface area contributed by atoms with E-state index in [4.69, 9.17) is 26.1 Å². The second-order valence-corrected chi connectivity index (χ2v) is 9.80. The average Bonchev–Trinajstić information content (AvgIpc) is 2.82. The van der Waals surface area contributed by atoms with Crippen LogP contribution in [0, 0.1) is 6.92 Å². The fourth-order valence-corrected chi connectivity index (χ4v) is 4.30. The van der Waals surface area contributed by atoms with Crippen molar-refractivity contribution in [2.75, 3.05) is 7.11 Å². The molecule has 180 valence electrons. The summed E-state index contributed by atoms with van der Waals surface area (Å²) in [6, 6.07) is 16.9. The predicted octanol–water partition coefficient (Wildman–Crippen LogP) is 6.71. The first-order valence-electron chi connectivity index (χ1n) is 11.1. The van der Waals surface area contributed by atoms with Crippen LogP contribution < -0.4 is 15.0 Å². The van der Waals surface area contributed by atoms with E-state index >= 15 is 0 Å². The maximum Gasteiger partial charge on any atom is 0.282 e. The Balaban J connectivity index is 1.79. The van der Waals surface area contributed by atoms with Gasteiger partial charge in [-0.25, -0.2) is 4.98 Å². The monoisotopic (exact) mass is 553 g/mol. The molecule has 4 aromatic rings. The third-order valence-corrected chi connectivity index (χ3v) is 6.11. The maximum absolute atomic E-state index is 13.4. The molecule has 8 heteroatoms. The molecule has 35 heavy (non-hydrogen) atoms. The van der Waals surface area contributed by atoms with Gasteiger partial charge in [0.15, 0.2) is 11.5 Å². The zero-order valence-corrected chi connectivity index (χ0v) is 22.2. The quantitative estimate of drug-likeness (QED) is 0.238. The second-order valence-electron chi connectivity index (χ2n) is 8.45. The SMILES string of the molecule is COc1cc(Cl)cc(C=Nn2c(C(C)C)nc3ccc(Br)cc3c2=O)c1OCc1cccc(C)c1. The molecule has 0 radical (unpaired) electrons. The third-order valence-electron chi connectivity index (χ3n) is 5.40. The Labute approximate surface area is 217 Å². The molecule has 0 saturated heterocycles. The molecule has 4 rings (SSSR count). The zero-order chi connectivity index (χ0) is 25.1. The Morgan fingerprint density at radius 2 is 1.97 bits per heavy atom. The van der Waals surface area contributed by atoms with Gasteiger partial charge in [0.25, 0.3) is 5.56 Å². The molecule has 0 atom stereocenters. The van der Waals surface area contributed by atoms with Crippen LogP contribution in [-0.2, 0) is 6.61 Å². The van der Waals surface area contributed by atoms with Gasteiger partial charge in [-0.05, 0) is 36.8 Å². The summed E-state index contributed by atoms with van der Waals surface area (Å²) in [6.07, 6.45) is 1.55.